The second kappa shape index (κ2) is 9.17. The van der Waals surface area contributed by atoms with E-state index in [4.69, 9.17) is 5.11 Å². The monoisotopic (exact) mass is 285 g/mol. The number of nitrogens with zero attached hydrogens (tertiary/aromatic N) is 1. The van der Waals surface area contributed by atoms with Gasteiger partial charge in [-0.2, -0.15) is 0 Å². The van der Waals surface area contributed by atoms with E-state index in [-0.39, 0.29) is 12.8 Å². The summed E-state index contributed by atoms with van der Waals surface area (Å²) in [5.74, 6) is -0.749. The molecule has 0 aromatic heterocycles. The number of carboxylic acids is 2. The standard InChI is InChI=1S/C7H13N3.C6H10O4/c1-3-8-7-9-4-2-6-10(7)5-1;7-5(8)3-1-2-4-6(9)10/h1-6H2,(H,8,9);1-4H2,(H,7,8)(H,9,10). The van der Waals surface area contributed by atoms with Crippen LogP contribution in [0.2, 0.25) is 0 Å². The minimum atomic E-state index is -1.12. The largest absolute Gasteiger partial charge is 0.550 e. The Balaban J connectivity index is 0.000000200. The van der Waals surface area contributed by atoms with Crippen LogP contribution >= 0.6 is 0 Å². The van der Waals surface area contributed by atoms with E-state index in [9.17, 15) is 14.7 Å². The van der Waals surface area contributed by atoms with Crippen molar-refractivity contribution in [2.75, 3.05) is 26.2 Å². The van der Waals surface area contributed by atoms with Crippen molar-refractivity contribution in [1.82, 2.24) is 10.6 Å². The summed E-state index contributed by atoms with van der Waals surface area (Å²) in [4.78, 5) is 19.7. The van der Waals surface area contributed by atoms with E-state index in [0.29, 0.717) is 12.8 Å². The summed E-state index contributed by atoms with van der Waals surface area (Å²) in [6.45, 7) is 4.74. The molecule has 0 unspecified atom stereocenters. The molecule has 3 N–H and O–H groups in total. The van der Waals surface area contributed by atoms with Gasteiger partial charge >= 0.3 is 11.9 Å². The van der Waals surface area contributed by atoms with Crippen molar-refractivity contribution in [1.29, 1.82) is 0 Å². The van der Waals surface area contributed by atoms with Crippen LogP contribution in [0.1, 0.15) is 38.5 Å². The summed E-state index contributed by atoms with van der Waals surface area (Å²) >= 11 is 0. The Morgan fingerprint density at radius 3 is 2.10 bits per heavy atom. The molecule has 2 aliphatic heterocycles. The minimum absolute atomic E-state index is 0.0350. The van der Waals surface area contributed by atoms with Crippen molar-refractivity contribution in [3.05, 3.63) is 0 Å². The number of carbonyl (C=O) groups is 2. The highest BCUT2D eigenvalue weighted by Crippen LogP contribution is 1.98. The van der Waals surface area contributed by atoms with Crippen molar-refractivity contribution in [3.63, 3.8) is 0 Å². The molecule has 0 bridgehead atoms. The van der Waals surface area contributed by atoms with Crippen LogP contribution in [-0.2, 0) is 9.59 Å². The lowest BCUT2D eigenvalue weighted by Gasteiger charge is -2.22. The van der Waals surface area contributed by atoms with Crippen molar-refractivity contribution in [3.8, 4) is 0 Å². The summed E-state index contributed by atoms with van der Waals surface area (Å²) < 4.78 is 2.40. The number of carbonyl (C=O) groups excluding carboxylic acids is 1. The van der Waals surface area contributed by atoms with Crippen LogP contribution < -0.4 is 15.7 Å². The third kappa shape index (κ3) is 6.96. The van der Waals surface area contributed by atoms with Gasteiger partial charge in [-0.3, -0.25) is 20.0 Å². The zero-order valence-corrected chi connectivity index (χ0v) is 11.7. The molecule has 2 heterocycles. The fourth-order valence-electron chi connectivity index (χ4n) is 2.12. The molecule has 0 fully saturated rings. The first-order valence-electron chi connectivity index (χ1n) is 7.11. The molecule has 0 amide bonds. The molecule has 0 aliphatic carbocycles. The predicted octanol–water partition coefficient (Wildman–Crippen LogP) is -1.28. The first-order chi connectivity index (χ1) is 9.59. The quantitative estimate of drug-likeness (QED) is 0.429. The summed E-state index contributed by atoms with van der Waals surface area (Å²) in [6.07, 6.45) is 3.34. The van der Waals surface area contributed by atoms with Gasteiger partial charge in [0.1, 0.15) is 0 Å². The number of rotatable bonds is 5. The molecular weight excluding hydrogens is 262 g/mol. The van der Waals surface area contributed by atoms with Gasteiger partial charge in [0.05, 0.1) is 26.2 Å². The van der Waals surface area contributed by atoms with Crippen LogP contribution in [0.3, 0.4) is 0 Å². The Labute approximate surface area is 118 Å². The van der Waals surface area contributed by atoms with Crippen LogP contribution in [0.4, 0.5) is 0 Å². The normalized spacial score (nSPS) is 17.0. The van der Waals surface area contributed by atoms with Gasteiger partial charge in [0.2, 0.25) is 0 Å². The zero-order chi connectivity index (χ0) is 14.8. The predicted molar refractivity (Wildman–Crippen MR) is 71.4 cm³/mol. The Bertz CT molecular complexity index is 319. The van der Waals surface area contributed by atoms with Gasteiger partial charge in [-0.1, -0.05) is 0 Å². The highest BCUT2D eigenvalue weighted by Gasteiger charge is 2.19. The molecule has 0 atom stereocenters. The smallest absolute Gasteiger partial charge is 0.345 e. The molecule has 7 heteroatoms. The first-order valence-corrected chi connectivity index (χ1v) is 7.11. The topological polar surface area (TPSA) is 105 Å². The van der Waals surface area contributed by atoms with E-state index in [1.54, 1.807) is 0 Å². The Morgan fingerprint density at radius 1 is 1.10 bits per heavy atom. The van der Waals surface area contributed by atoms with Crippen molar-refractivity contribution in [2.45, 2.75) is 38.5 Å². The minimum Gasteiger partial charge on any atom is -0.550 e. The molecule has 0 saturated carbocycles. The Hall–Kier alpha value is -1.79. The van der Waals surface area contributed by atoms with E-state index in [2.05, 4.69) is 15.2 Å². The average Bonchev–Trinajstić information content (AvgIpc) is 2.44. The van der Waals surface area contributed by atoms with Gasteiger partial charge in [0, 0.05) is 25.2 Å². The van der Waals surface area contributed by atoms with Crippen molar-refractivity contribution >= 4 is 17.9 Å². The molecule has 114 valence electrons. The van der Waals surface area contributed by atoms with Crippen molar-refractivity contribution in [2.24, 2.45) is 0 Å². The molecule has 0 saturated heterocycles. The first kappa shape index (κ1) is 16.3. The zero-order valence-electron chi connectivity index (χ0n) is 11.7. The number of hydrogen-bond donors (Lipinski definition) is 3. The molecule has 0 spiro atoms. The summed E-state index contributed by atoms with van der Waals surface area (Å²) in [6, 6.07) is 0. The third-order valence-corrected chi connectivity index (χ3v) is 3.13. The number of carboxylic acid groups (broad SMARTS) is 2. The number of aliphatic carboxylic acids is 2. The molecule has 0 radical (unpaired) electrons. The van der Waals surface area contributed by atoms with Gasteiger partial charge in [0.15, 0.2) is 0 Å². The van der Waals surface area contributed by atoms with Crippen LogP contribution in [-0.4, -0.2) is 53.8 Å². The second-order valence-corrected chi connectivity index (χ2v) is 4.87. The maximum atomic E-state index is 9.88. The average molecular weight is 285 g/mol. The van der Waals surface area contributed by atoms with Crippen LogP contribution in [0.5, 0.6) is 0 Å². The van der Waals surface area contributed by atoms with Crippen molar-refractivity contribution < 1.29 is 24.4 Å². The Kier molecular flexibility index (Phi) is 7.46. The Morgan fingerprint density at radius 2 is 1.65 bits per heavy atom. The van der Waals surface area contributed by atoms with Crippen LogP contribution in [0.25, 0.3) is 0 Å². The van der Waals surface area contributed by atoms with E-state index >= 15 is 0 Å². The fraction of sp³-hybridized carbons (Fsp3) is 0.769. The highest BCUT2D eigenvalue weighted by atomic mass is 16.4. The summed E-state index contributed by atoms with van der Waals surface area (Å²) in [5.41, 5.74) is 0. The van der Waals surface area contributed by atoms with E-state index in [1.807, 2.05) is 0 Å². The maximum absolute atomic E-state index is 9.88. The lowest BCUT2D eigenvalue weighted by Crippen LogP contribution is -2.52. The molecule has 0 aromatic rings. The summed E-state index contributed by atoms with van der Waals surface area (Å²) in [5, 5.41) is 24.6. The molecular formula is C13H23N3O4. The van der Waals surface area contributed by atoms with E-state index < -0.39 is 11.9 Å². The number of hydrogen-bond acceptors (Lipinski definition) is 5. The molecule has 2 aliphatic rings. The maximum Gasteiger partial charge on any atom is 0.345 e. The van der Waals surface area contributed by atoms with Crippen LogP contribution in [0.15, 0.2) is 0 Å². The molecule has 20 heavy (non-hydrogen) atoms. The number of guanidine groups is 1. The van der Waals surface area contributed by atoms with E-state index in [0.717, 1.165) is 13.1 Å². The lowest BCUT2D eigenvalue weighted by molar-refractivity contribution is -0.539. The van der Waals surface area contributed by atoms with E-state index in [1.165, 1.54) is 31.9 Å². The van der Waals surface area contributed by atoms with Crippen LogP contribution in [0, 0.1) is 0 Å². The fourth-order valence-corrected chi connectivity index (χ4v) is 2.12. The number of unbranched alkanes of at least 4 members (excludes halogenated alkanes) is 1. The second-order valence-electron chi connectivity index (χ2n) is 4.87. The molecule has 2 rings (SSSR count). The van der Waals surface area contributed by atoms with Gasteiger partial charge < -0.3 is 15.0 Å². The van der Waals surface area contributed by atoms with Gasteiger partial charge in [0.25, 0.3) is 0 Å². The van der Waals surface area contributed by atoms with Gasteiger partial charge in [-0.15, -0.1) is 0 Å². The SMILES string of the molecule is C1CNC2=[N+](C1)CCCN2.O=C([O-])CCCCC(=O)O. The highest BCUT2D eigenvalue weighted by molar-refractivity contribution is 5.75. The lowest BCUT2D eigenvalue weighted by atomic mass is 10.2. The van der Waals surface area contributed by atoms with Gasteiger partial charge in [-0.25, -0.2) is 0 Å². The number of nitrogens with one attached hydrogen (secondary N) is 2. The third-order valence-electron chi connectivity index (χ3n) is 3.13. The summed E-state index contributed by atoms with van der Waals surface area (Å²) in [7, 11) is 0. The van der Waals surface area contributed by atoms with Gasteiger partial charge in [-0.05, 0) is 19.3 Å². The molecule has 0 aromatic carbocycles. The molecule has 7 nitrogen and oxygen atoms in total.